The number of ether oxygens (including phenoxy) is 1. The molecule has 2 nitrogen and oxygen atoms in total. The first kappa shape index (κ1) is 22.7. The highest BCUT2D eigenvalue weighted by Gasteiger charge is 2.26. The summed E-state index contributed by atoms with van der Waals surface area (Å²) >= 11 is 0. The van der Waals surface area contributed by atoms with E-state index in [0.717, 1.165) is 0 Å². The number of rotatable bonds is 5. The first-order valence-corrected chi connectivity index (χ1v) is 5.29. The van der Waals surface area contributed by atoms with Crippen molar-refractivity contribution in [3.8, 4) is 0 Å². The summed E-state index contributed by atoms with van der Waals surface area (Å²) in [6.45, 7) is 0.573. The molecule has 18 heavy (non-hydrogen) atoms. The van der Waals surface area contributed by atoms with E-state index in [2.05, 4.69) is 0 Å². The van der Waals surface area contributed by atoms with E-state index < -0.39 is 19.5 Å². The highest BCUT2D eigenvalue weighted by molar-refractivity contribution is 4.50. The monoisotopic (exact) mass is 286 g/mol. The molecule has 1 N–H and O–H groups in total. The van der Waals surface area contributed by atoms with Crippen LogP contribution in [0.25, 0.3) is 0 Å². The van der Waals surface area contributed by atoms with Gasteiger partial charge in [0.15, 0.2) is 6.67 Å². The molecular weight excluding hydrogens is 266 g/mol. The molecule has 0 aromatic rings. The van der Waals surface area contributed by atoms with E-state index in [1.165, 1.54) is 6.92 Å². The average Bonchev–Trinajstić information content (AvgIpc) is 2.31. The smallest absolute Gasteiger partial charge is 0.394 e. The van der Waals surface area contributed by atoms with Crippen LogP contribution in [-0.2, 0) is 4.74 Å². The summed E-state index contributed by atoms with van der Waals surface area (Å²) in [4.78, 5) is 0. The van der Waals surface area contributed by atoms with Gasteiger partial charge in [-0.1, -0.05) is 6.92 Å². The van der Waals surface area contributed by atoms with Crippen molar-refractivity contribution in [2.75, 3.05) is 33.2 Å². The normalized spacial score (nSPS) is 11.8. The second-order valence-corrected chi connectivity index (χ2v) is 2.80. The molecule has 0 saturated carbocycles. The zero-order valence-corrected chi connectivity index (χ0v) is 10.4. The van der Waals surface area contributed by atoms with Crippen LogP contribution in [-0.4, -0.2) is 50.6 Å². The maximum Gasteiger partial charge on any atom is 0.416 e. The topological polar surface area (TPSA) is 29.5 Å². The summed E-state index contributed by atoms with van der Waals surface area (Å²) in [6.07, 6.45) is -4.28. The molecular formula is C10H20F6O2. The molecule has 0 aromatic carbocycles. The Morgan fingerprint density at radius 1 is 1.11 bits per heavy atom. The van der Waals surface area contributed by atoms with E-state index in [1.54, 1.807) is 0 Å². The summed E-state index contributed by atoms with van der Waals surface area (Å²) in [5.74, 6) is 0. The number of halogens is 6. The molecule has 0 spiro atoms. The molecule has 1 atom stereocenters. The average molecular weight is 286 g/mol. The molecule has 0 saturated heterocycles. The zero-order chi connectivity index (χ0) is 15.0. The molecule has 0 amide bonds. The molecule has 0 radical (unpaired) electrons. The van der Waals surface area contributed by atoms with E-state index in [9.17, 15) is 26.3 Å². The van der Waals surface area contributed by atoms with Crippen molar-refractivity contribution >= 4 is 0 Å². The van der Waals surface area contributed by atoms with Gasteiger partial charge in [-0.2, -0.15) is 13.2 Å². The number of aliphatic hydroxyl groups is 1. The molecule has 8 heteroatoms. The molecule has 0 heterocycles. The Hall–Kier alpha value is -0.500. The van der Waals surface area contributed by atoms with Gasteiger partial charge in [0.25, 0.3) is 0 Å². The Bertz CT molecular complexity index is 139. The minimum Gasteiger partial charge on any atom is -0.394 e. The van der Waals surface area contributed by atoms with Gasteiger partial charge in [-0.3, -0.25) is 4.39 Å². The Morgan fingerprint density at radius 3 is 1.67 bits per heavy atom. The Kier molecular flexibility index (Phi) is 20.8. The standard InChI is InChI=1S/C6H13FO2.C2H2F4.C2H5F/c1-2-6(5-7)9-4-3-8;3-1-2(4,5)6;1-2-3/h6,8H,2-5H2,1H3;1H2;2H2,1H3. The predicted molar refractivity (Wildman–Crippen MR) is 56.8 cm³/mol. The lowest BCUT2D eigenvalue weighted by Gasteiger charge is -2.09. The number of hydrogen-bond acceptors (Lipinski definition) is 2. The Morgan fingerprint density at radius 2 is 1.50 bits per heavy atom. The van der Waals surface area contributed by atoms with Gasteiger partial charge < -0.3 is 9.84 Å². The highest BCUT2D eigenvalue weighted by atomic mass is 19.4. The molecule has 0 aliphatic heterocycles. The molecule has 114 valence electrons. The minimum absolute atomic E-state index is 0.0312. The van der Waals surface area contributed by atoms with E-state index in [4.69, 9.17) is 9.84 Å². The molecule has 0 aliphatic rings. The van der Waals surface area contributed by atoms with Crippen LogP contribution in [0.15, 0.2) is 0 Å². The second-order valence-electron chi connectivity index (χ2n) is 2.80. The maximum atomic E-state index is 11.8. The van der Waals surface area contributed by atoms with Crippen LogP contribution in [0.2, 0.25) is 0 Å². The van der Waals surface area contributed by atoms with Crippen LogP contribution >= 0.6 is 0 Å². The molecule has 0 rings (SSSR count). The summed E-state index contributed by atoms with van der Waals surface area (Å²) in [7, 11) is 0. The van der Waals surface area contributed by atoms with Crippen LogP contribution in [0.5, 0.6) is 0 Å². The van der Waals surface area contributed by atoms with Gasteiger partial charge in [0, 0.05) is 0 Å². The lowest BCUT2D eigenvalue weighted by molar-refractivity contribution is -0.142. The number of alkyl halides is 6. The van der Waals surface area contributed by atoms with Gasteiger partial charge in [0.05, 0.1) is 26.0 Å². The number of aliphatic hydroxyl groups excluding tert-OH is 1. The zero-order valence-electron chi connectivity index (χ0n) is 10.4. The van der Waals surface area contributed by atoms with E-state index >= 15 is 0 Å². The van der Waals surface area contributed by atoms with Gasteiger partial charge in [0.1, 0.15) is 6.67 Å². The van der Waals surface area contributed by atoms with Gasteiger partial charge >= 0.3 is 6.18 Å². The molecule has 0 aliphatic carbocycles. The quantitative estimate of drug-likeness (QED) is 0.786. The third-order valence-electron chi connectivity index (χ3n) is 1.22. The summed E-state index contributed by atoms with van der Waals surface area (Å²) in [5.41, 5.74) is 0. The van der Waals surface area contributed by atoms with Crippen LogP contribution in [0.4, 0.5) is 26.3 Å². The molecule has 0 bridgehead atoms. The van der Waals surface area contributed by atoms with Crippen molar-refractivity contribution in [2.45, 2.75) is 32.5 Å². The second kappa shape index (κ2) is 16.5. The summed E-state index contributed by atoms with van der Waals surface area (Å²) in [5, 5.41) is 8.26. The largest absolute Gasteiger partial charge is 0.416 e. The van der Waals surface area contributed by atoms with Gasteiger partial charge in [-0.15, -0.1) is 0 Å². The first-order valence-electron chi connectivity index (χ1n) is 5.29. The van der Waals surface area contributed by atoms with Crippen LogP contribution < -0.4 is 0 Å². The SMILES string of the molecule is CCC(CF)OCCO.CCF.FCC(F)(F)F. The fraction of sp³-hybridized carbons (Fsp3) is 1.00. The fourth-order valence-electron chi connectivity index (χ4n) is 0.491. The van der Waals surface area contributed by atoms with Crippen LogP contribution in [0, 0.1) is 0 Å². The molecule has 1 unspecified atom stereocenters. The molecule has 0 aromatic heterocycles. The first-order chi connectivity index (χ1) is 8.32. The lowest BCUT2D eigenvalue weighted by atomic mass is 10.3. The van der Waals surface area contributed by atoms with Crippen molar-refractivity contribution in [1.29, 1.82) is 0 Å². The predicted octanol–water partition coefficient (Wildman–Crippen LogP) is 3.24. The molecule has 0 fully saturated rings. The Balaban J connectivity index is -0.000000216. The maximum absolute atomic E-state index is 11.8. The Labute approximate surface area is 103 Å². The van der Waals surface area contributed by atoms with Crippen molar-refractivity contribution in [3.63, 3.8) is 0 Å². The fourth-order valence-corrected chi connectivity index (χ4v) is 0.491. The van der Waals surface area contributed by atoms with Crippen molar-refractivity contribution in [1.82, 2.24) is 0 Å². The van der Waals surface area contributed by atoms with Crippen LogP contribution in [0.3, 0.4) is 0 Å². The van der Waals surface area contributed by atoms with Crippen molar-refractivity contribution in [3.05, 3.63) is 0 Å². The van der Waals surface area contributed by atoms with Crippen molar-refractivity contribution in [2.24, 2.45) is 0 Å². The minimum atomic E-state index is -4.62. The lowest BCUT2D eigenvalue weighted by Crippen LogP contribution is -2.16. The highest BCUT2D eigenvalue weighted by Crippen LogP contribution is 2.13. The van der Waals surface area contributed by atoms with Gasteiger partial charge in [-0.25, -0.2) is 8.78 Å². The van der Waals surface area contributed by atoms with Gasteiger partial charge in [-0.05, 0) is 13.3 Å². The van der Waals surface area contributed by atoms with Gasteiger partial charge in [0.2, 0.25) is 0 Å². The van der Waals surface area contributed by atoms with E-state index in [0.29, 0.717) is 6.42 Å². The van der Waals surface area contributed by atoms with E-state index in [1.807, 2.05) is 6.92 Å². The summed E-state index contributed by atoms with van der Waals surface area (Å²) in [6, 6.07) is 0. The third-order valence-corrected chi connectivity index (χ3v) is 1.22. The summed E-state index contributed by atoms with van der Waals surface area (Å²) < 4.78 is 68.5. The third kappa shape index (κ3) is 29.6. The van der Waals surface area contributed by atoms with Crippen molar-refractivity contribution < 1.29 is 36.2 Å². The van der Waals surface area contributed by atoms with E-state index in [-0.39, 0.29) is 26.0 Å². The number of hydrogen-bond donors (Lipinski definition) is 1. The van der Waals surface area contributed by atoms with Crippen LogP contribution in [0.1, 0.15) is 20.3 Å².